The summed E-state index contributed by atoms with van der Waals surface area (Å²) in [5.74, 6) is 0.992. The molecule has 27 heavy (non-hydrogen) atoms. The molecule has 0 aromatic heterocycles. The zero-order valence-corrected chi connectivity index (χ0v) is 15.9. The Morgan fingerprint density at radius 2 is 1.59 bits per heavy atom. The van der Waals surface area contributed by atoms with Crippen LogP contribution in [0, 0.1) is 5.92 Å². The molecule has 0 bridgehead atoms. The van der Waals surface area contributed by atoms with E-state index in [1.165, 1.54) is 29.8 Å². The van der Waals surface area contributed by atoms with Gasteiger partial charge in [0.1, 0.15) is 0 Å². The third-order valence-corrected chi connectivity index (χ3v) is 5.52. The fourth-order valence-electron chi connectivity index (χ4n) is 3.84. The van der Waals surface area contributed by atoms with E-state index in [0.717, 1.165) is 44.9 Å². The summed E-state index contributed by atoms with van der Waals surface area (Å²) in [6.45, 7) is 4.27. The maximum absolute atomic E-state index is 12.4. The Hall–Kier alpha value is -2.49. The minimum absolute atomic E-state index is 0.119. The Bertz CT molecular complexity index is 757. The van der Waals surface area contributed by atoms with Crippen molar-refractivity contribution in [3.8, 4) is 0 Å². The van der Waals surface area contributed by atoms with Crippen LogP contribution in [-0.2, 0) is 11.2 Å². The van der Waals surface area contributed by atoms with Crippen molar-refractivity contribution in [2.45, 2.75) is 25.7 Å². The molecule has 4 heteroatoms. The highest BCUT2D eigenvalue weighted by molar-refractivity contribution is 5.84. The highest BCUT2D eigenvalue weighted by Crippen LogP contribution is 2.37. The molecule has 0 unspecified atom stereocenters. The molecule has 1 aliphatic heterocycles. The second-order valence-corrected chi connectivity index (χ2v) is 7.74. The number of fused-ring (bicyclic) bond motifs is 1. The summed E-state index contributed by atoms with van der Waals surface area (Å²) in [6.07, 6.45) is 4.72. The maximum atomic E-state index is 12.4. The van der Waals surface area contributed by atoms with E-state index in [1.807, 2.05) is 6.07 Å². The van der Waals surface area contributed by atoms with E-state index in [-0.39, 0.29) is 5.91 Å². The van der Waals surface area contributed by atoms with Gasteiger partial charge in [-0.05, 0) is 49.3 Å². The lowest BCUT2D eigenvalue weighted by molar-refractivity contribution is -0.119. The van der Waals surface area contributed by atoms with E-state index in [9.17, 15) is 4.79 Å². The Labute approximate surface area is 162 Å². The first-order chi connectivity index (χ1) is 13.3. The lowest BCUT2D eigenvalue weighted by atomic mass is 10.1. The van der Waals surface area contributed by atoms with Crippen LogP contribution in [0.25, 0.3) is 0 Å². The van der Waals surface area contributed by atoms with Gasteiger partial charge in [-0.3, -0.25) is 4.79 Å². The van der Waals surface area contributed by atoms with Crippen LogP contribution in [0.2, 0.25) is 0 Å². The van der Waals surface area contributed by atoms with Gasteiger partial charge in [-0.1, -0.05) is 42.5 Å². The zero-order chi connectivity index (χ0) is 18.5. The van der Waals surface area contributed by atoms with Crippen molar-refractivity contribution in [2.24, 2.45) is 5.92 Å². The number of nitrogens with one attached hydrogen (secondary N) is 1. The number of para-hydroxylation sites is 2. The summed E-state index contributed by atoms with van der Waals surface area (Å²) in [6, 6.07) is 19.0. The summed E-state index contributed by atoms with van der Waals surface area (Å²) in [4.78, 5) is 17.2. The molecule has 0 atom stereocenters. The van der Waals surface area contributed by atoms with Crippen LogP contribution in [0.1, 0.15) is 24.8 Å². The minimum atomic E-state index is 0.119. The number of carbonyl (C=O) groups excluding carboxylic acids is 1. The average molecular weight is 364 g/mol. The molecule has 1 N–H and O–H groups in total. The number of rotatable bonds is 8. The van der Waals surface area contributed by atoms with Crippen LogP contribution in [-0.4, -0.2) is 38.6 Å². The van der Waals surface area contributed by atoms with Crippen LogP contribution in [0.4, 0.5) is 11.4 Å². The highest BCUT2D eigenvalue weighted by atomic mass is 16.2. The molecule has 0 spiro atoms. The number of anilines is 2. The Morgan fingerprint density at radius 3 is 2.33 bits per heavy atom. The normalized spacial score (nSPS) is 16.1. The molecular formula is C23H29N3O. The van der Waals surface area contributed by atoms with E-state index in [2.05, 4.69) is 63.6 Å². The van der Waals surface area contributed by atoms with Crippen LogP contribution >= 0.6 is 0 Å². The van der Waals surface area contributed by atoms with E-state index in [1.54, 1.807) is 0 Å². The van der Waals surface area contributed by atoms with Gasteiger partial charge in [0.25, 0.3) is 0 Å². The monoisotopic (exact) mass is 363 g/mol. The summed E-state index contributed by atoms with van der Waals surface area (Å²) in [5.41, 5.74) is 3.81. The van der Waals surface area contributed by atoms with Crippen molar-refractivity contribution in [3.63, 3.8) is 0 Å². The van der Waals surface area contributed by atoms with Crippen LogP contribution in [0.15, 0.2) is 54.6 Å². The summed E-state index contributed by atoms with van der Waals surface area (Å²) < 4.78 is 0. The third-order valence-electron chi connectivity index (χ3n) is 5.52. The van der Waals surface area contributed by atoms with Gasteiger partial charge in [-0.2, -0.15) is 0 Å². The number of benzene rings is 2. The van der Waals surface area contributed by atoms with Gasteiger partial charge in [0.15, 0.2) is 0 Å². The molecule has 4 rings (SSSR count). The fraction of sp³-hybridized carbons (Fsp3) is 0.435. The minimum Gasteiger partial charge on any atom is -0.368 e. The molecule has 142 valence electrons. The number of nitrogens with zero attached hydrogens (tertiary/aromatic N) is 2. The maximum Gasteiger partial charge on any atom is 0.239 e. The zero-order valence-electron chi connectivity index (χ0n) is 15.9. The van der Waals surface area contributed by atoms with Crippen LogP contribution < -0.4 is 15.1 Å². The van der Waals surface area contributed by atoms with Crippen molar-refractivity contribution < 1.29 is 4.79 Å². The number of hydrogen-bond donors (Lipinski definition) is 1. The van der Waals surface area contributed by atoms with Gasteiger partial charge in [0.05, 0.1) is 17.9 Å². The second-order valence-electron chi connectivity index (χ2n) is 7.74. The van der Waals surface area contributed by atoms with E-state index in [4.69, 9.17) is 0 Å². The number of aryl methyl sites for hydroxylation is 1. The van der Waals surface area contributed by atoms with Crippen LogP contribution in [0.3, 0.4) is 0 Å². The molecule has 2 aromatic carbocycles. The average Bonchev–Trinajstić information content (AvgIpc) is 3.52. The smallest absolute Gasteiger partial charge is 0.239 e. The topological polar surface area (TPSA) is 35.6 Å². The lowest BCUT2D eigenvalue weighted by Crippen LogP contribution is -2.46. The molecular weight excluding hydrogens is 334 g/mol. The highest BCUT2D eigenvalue weighted by Gasteiger charge is 2.29. The second kappa shape index (κ2) is 8.47. The van der Waals surface area contributed by atoms with Crippen molar-refractivity contribution in [1.29, 1.82) is 0 Å². The SMILES string of the molecule is O=C(CN1CCN(CC2CC2)c2ccccc21)NCCCc1ccccc1. The fourth-order valence-corrected chi connectivity index (χ4v) is 3.84. The molecule has 4 nitrogen and oxygen atoms in total. The molecule has 1 heterocycles. The van der Waals surface area contributed by atoms with E-state index in [0.29, 0.717) is 6.54 Å². The Kier molecular flexibility index (Phi) is 5.61. The van der Waals surface area contributed by atoms with E-state index >= 15 is 0 Å². The third kappa shape index (κ3) is 4.82. The lowest BCUT2D eigenvalue weighted by Gasteiger charge is -2.38. The first-order valence-electron chi connectivity index (χ1n) is 10.2. The Balaban J connectivity index is 1.27. The van der Waals surface area contributed by atoms with Gasteiger partial charge in [-0.15, -0.1) is 0 Å². The molecule has 0 radical (unpaired) electrons. The predicted octanol–water partition coefficient (Wildman–Crippen LogP) is 3.47. The van der Waals surface area contributed by atoms with Crippen molar-refractivity contribution in [1.82, 2.24) is 5.32 Å². The molecule has 2 aliphatic rings. The van der Waals surface area contributed by atoms with Crippen LogP contribution in [0.5, 0.6) is 0 Å². The summed E-state index contributed by atoms with van der Waals surface area (Å²) >= 11 is 0. The standard InChI is InChI=1S/C23H29N3O/c27-23(24-14-6-9-19-7-2-1-3-8-19)18-26-16-15-25(17-20-12-13-20)21-10-4-5-11-22(21)26/h1-5,7-8,10-11,20H,6,9,12-18H2,(H,24,27). The van der Waals surface area contributed by atoms with Gasteiger partial charge < -0.3 is 15.1 Å². The molecule has 1 fully saturated rings. The Morgan fingerprint density at radius 1 is 0.926 bits per heavy atom. The van der Waals surface area contributed by atoms with Crippen molar-refractivity contribution in [3.05, 3.63) is 60.2 Å². The van der Waals surface area contributed by atoms with Gasteiger partial charge in [0.2, 0.25) is 5.91 Å². The first kappa shape index (κ1) is 17.9. The molecule has 2 aromatic rings. The molecule has 0 saturated heterocycles. The van der Waals surface area contributed by atoms with E-state index < -0.39 is 0 Å². The van der Waals surface area contributed by atoms with Gasteiger partial charge >= 0.3 is 0 Å². The van der Waals surface area contributed by atoms with Gasteiger partial charge in [0, 0.05) is 26.2 Å². The quantitative estimate of drug-likeness (QED) is 0.730. The first-order valence-corrected chi connectivity index (χ1v) is 10.2. The largest absolute Gasteiger partial charge is 0.368 e. The number of carbonyl (C=O) groups is 1. The predicted molar refractivity (Wildman–Crippen MR) is 111 cm³/mol. The summed E-state index contributed by atoms with van der Waals surface area (Å²) in [7, 11) is 0. The molecule has 1 saturated carbocycles. The molecule has 1 aliphatic carbocycles. The number of hydrogen-bond acceptors (Lipinski definition) is 3. The molecule has 1 amide bonds. The van der Waals surface area contributed by atoms with Crippen molar-refractivity contribution >= 4 is 17.3 Å². The van der Waals surface area contributed by atoms with Crippen molar-refractivity contribution in [2.75, 3.05) is 42.5 Å². The summed E-state index contributed by atoms with van der Waals surface area (Å²) in [5, 5.41) is 3.09. The van der Waals surface area contributed by atoms with Gasteiger partial charge in [-0.25, -0.2) is 0 Å². The number of amides is 1.